The molecule has 0 N–H and O–H groups in total. The molecule has 0 saturated heterocycles. The van der Waals surface area contributed by atoms with Crippen molar-refractivity contribution in [1.29, 1.82) is 0 Å². The third kappa shape index (κ3) is 2.32. The van der Waals surface area contributed by atoms with E-state index in [2.05, 4.69) is 40.7 Å². The van der Waals surface area contributed by atoms with E-state index in [0.29, 0.717) is 11.8 Å². The van der Waals surface area contributed by atoms with Crippen LogP contribution in [0.4, 0.5) is 0 Å². The van der Waals surface area contributed by atoms with Crippen LogP contribution in [0.25, 0.3) is 11.3 Å². The number of nitrogens with zero attached hydrogens (tertiary/aromatic N) is 3. The largest absolute Gasteiger partial charge is 0.340 e. The van der Waals surface area contributed by atoms with Crippen LogP contribution >= 0.6 is 0 Å². The zero-order valence-corrected chi connectivity index (χ0v) is 12.9. The fourth-order valence-electron chi connectivity index (χ4n) is 3.39. The number of amides is 1. The molecule has 1 fully saturated rings. The van der Waals surface area contributed by atoms with E-state index in [1.165, 1.54) is 5.56 Å². The van der Waals surface area contributed by atoms with Gasteiger partial charge in [0.05, 0.1) is 11.9 Å². The number of hydrogen-bond acceptors (Lipinski definition) is 2. The number of hydrogen-bond donors (Lipinski definition) is 0. The van der Waals surface area contributed by atoms with Crippen molar-refractivity contribution in [2.24, 2.45) is 11.8 Å². The standard InChI is InChI=1S/C18H21N3O/c1-13-11-15(13)18(22)20-8-7-17-19-12-16(21(17)10-9-20)14-5-3-2-4-6-14/h2-6,12-13,15H,7-11H2,1H3. The summed E-state index contributed by atoms with van der Waals surface area (Å²) in [5.74, 6) is 2.30. The van der Waals surface area contributed by atoms with Gasteiger partial charge < -0.3 is 9.47 Å². The molecule has 4 rings (SSSR count). The molecule has 1 saturated carbocycles. The summed E-state index contributed by atoms with van der Waals surface area (Å²) < 4.78 is 2.28. The van der Waals surface area contributed by atoms with Gasteiger partial charge in [0.1, 0.15) is 5.82 Å². The molecule has 2 aliphatic rings. The van der Waals surface area contributed by atoms with Gasteiger partial charge in [-0.3, -0.25) is 4.79 Å². The van der Waals surface area contributed by atoms with Crippen LogP contribution in [0.3, 0.4) is 0 Å². The highest BCUT2D eigenvalue weighted by Crippen LogP contribution is 2.39. The summed E-state index contributed by atoms with van der Waals surface area (Å²) in [6.45, 7) is 4.60. The Bertz CT molecular complexity index is 692. The lowest BCUT2D eigenvalue weighted by Gasteiger charge is -2.20. The van der Waals surface area contributed by atoms with Crippen molar-refractivity contribution >= 4 is 5.91 Å². The van der Waals surface area contributed by atoms with Gasteiger partial charge in [-0.2, -0.15) is 0 Å². The highest BCUT2D eigenvalue weighted by molar-refractivity contribution is 5.81. The Balaban J connectivity index is 1.55. The molecule has 2 atom stereocenters. The molecule has 1 aromatic heterocycles. The van der Waals surface area contributed by atoms with Crippen LogP contribution in [0, 0.1) is 11.8 Å². The maximum absolute atomic E-state index is 12.4. The third-order valence-electron chi connectivity index (χ3n) is 4.94. The van der Waals surface area contributed by atoms with E-state index in [9.17, 15) is 4.79 Å². The number of imidazole rings is 1. The van der Waals surface area contributed by atoms with Crippen LogP contribution < -0.4 is 0 Å². The minimum Gasteiger partial charge on any atom is -0.340 e. The first-order valence-corrected chi connectivity index (χ1v) is 8.12. The molecule has 2 heterocycles. The highest BCUT2D eigenvalue weighted by atomic mass is 16.2. The van der Waals surface area contributed by atoms with Gasteiger partial charge >= 0.3 is 0 Å². The summed E-state index contributed by atoms with van der Waals surface area (Å²) in [7, 11) is 0. The Morgan fingerprint density at radius 2 is 1.95 bits per heavy atom. The van der Waals surface area contributed by atoms with Crippen LogP contribution in [-0.2, 0) is 17.8 Å². The first-order chi connectivity index (χ1) is 10.7. The lowest BCUT2D eigenvalue weighted by Crippen LogP contribution is -2.35. The number of benzene rings is 1. The molecule has 1 aliphatic carbocycles. The first kappa shape index (κ1) is 13.6. The predicted octanol–water partition coefficient (Wildman–Crippen LogP) is 2.59. The normalized spacial score (nSPS) is 23.8. The Kier molecular flexibility index (Phi) is 3.25. The maximum atomic E-state index is 12.4. The van der Waals surface area contributed by atoms with E-state index in [-0.39, 0.29) is 5.92 Å². The van der Waals surface area contributed by atoms with Gasteiger partial charge in [-0.05, 0) is 17.9 Å². The number of carbonyl (C=O) groups excluding carboxylic acids is 1. The van der Waals surface area contributed by atoms with Gasteiger partial charge in [-0.1, -0.05) is 37.3 Å². The smallest absolute Gasteiger partial charge is 0.226 e. The van der Waals surface area contributed by atoms with Gasteiger partial charge in [0.15, 0.2) is 0 Å². The van der Waals surface area contributed by atoms with Crippen LogP contribution in [0.2, 0.25) is 0 Å². The van der Waals surface area contributed by atoms with Gasteiger partial charge in [0.2, 0.25) is 5.91 Å². The second kappa shape index (κ2) is 5.27. The van der Waals surface area contributed by atoms with E-state index >= 15 is 0 Å². The second-order valence-electron chi connectivity index (χ2n) is 6.47. The summed E-state index contributed by atoms with van der Waals surface area (Å²) in [4.78, 5) is 19.1. The van der Waals surface area contributed by atoms with Crippen LogP contribution in [0.15, 0.2) is 36.5 Å². The van der Waals surface area contributed by atoms with Crippen molar-refractivity contribution in [2.75, 3.05) is 13.1 Å². The SMILES string of the molecule is CC1CC1C(=O)N1CCc2ncc(-c3ccccc3)n2CC1. The van der Waals surface area contributed by atoms with E-state index in [1.54, 1.807) is 0 Å². The quantitative estimate of drug-likeness (QED) is 0.854. The topological polar surface area (TPSA) is 38.1 Å². The Hall–Kier alpha value is -2.10. The number of rotatable bonds is 2. The van der Waals surface area contributed by atoms with Gasteiger partial charge in [0.25, 0.3) is 0 Å². The highest BCUT2D eigenvalue weighted by Gasteiger charge is 2.41. The summed E-state index contributed by atoms with van der Waals surface area (Å²) in [5, 5.41) is 0. The minimum absolute atomic E-state index is 0.277. The Morgan fingerprint density at radius 1 is 1.18 bits per heavy atom. The summed E-state index contributed by atoms with van der Waals surface area (Å²) in [6.07, 6.45) is 3.87. The molecule has 0 radical (unpaired) electrons. The summed E-state index contributed by atoms with van der Waals surface area (Å²) >= 11 is 0. The molecule has 0 spiro atoms. The lowest BCUT2D eigenvalue weighted by atomic mass is 10.2. The van der Waals surface area contributed by atoms with Gasteiger partial charge in [-0.25, -0.2) is 4.98 Å². The monoisotopic (exact) mass is 295 g/mol. The van der Waals surface area contributed by atoms with E-state index in [1.807, 2.05) is 17.2 Å². The second-order valence-corrected chi connectivity index (χ2v) is 6.47. The third-order valence-corrected chi connectivity index (χ3v) is 4.94. The molecule has 114 valence electrons. The van der Waals surface area contributed by atoms with Crippen molar-refractivity contribution in [3.63, 3.8) is 0 Å². The summed E-state index contributed by atoms with van der Waals surface area (Å²) in [6, 6.07) is 10.4. The molecular weight excluding hydrogens is 274 g/mol. The molecule has 2 unspecified atom stereocenters. The lowest BCUT2D eigenvalue weighted by molar-refractivity contribution is -0.132. The fourth-order valence-corrected chi connectivity index (χ4v) is 3.39. The maximum Gasteiger partial charge on any atom is 0.226 e. The van der Waals surface area contributed by atoms with Crippen LogP contribution in [0.5, 0.6) is 0 Å². The van der Waals surface area contributed by atoms with E-state index in [4.69, 9.17) is 0 Å². The van der Waals surface area contributed by atoms with Crippen molar-refractivity contribution in [2.45, 2.75) is 26.3 Å². The number of fused-ring (bicyclic) bond motifs is 1. The first-order valence-electron chi connectivity index (χ1n) is 8.12. The van der Waals surface area contributed by atoms with Gasteiger partial charge in [0, 0.05) is 32.0 Å². The van der Waals surface area contributed by atoms with Crippen LogP contribution in [0.1, 0.15) is 19.2 Å². The van der Waals surface area contributed by atoms with Crippen molar-refractivity contribution in [1.82, 2.24) is 14.5 Å². The Morgan fingerprint density at radius 3 is 2.68 bits per heavy atom. The molecule has 4 nitrogen and oxygen atoms in total. The molecule has 1 aromatic carbocycles. The zero-order valence-electron chi connectivity index (χ0n) is 12.9. The molecule has 1 aliphatic heterocycles. The number of carbonyl (C=O) groups is 1. The van der Waals surface area contributed by atoms with Crippen LogP contribution in [-0.4, -0.2) is 33.4 Å². The van der Waals surface area contributed by atoms with Gasteiger partial charge in [-0.15, -0.1) is 0 Å². The fraction of sp³-hybridized carbons (Fsp3) is 0.444. The molecule has 0 bridgehead atoms. The average Bonchev–Trinajstić information content (AvgIpc) is 3.21. The van der Waals surface area contributed by atoms with E-state index in [0.717, 1.165) is 44.0 Å². The molecule has 2 aromatic rings. The average molecular weight is 295 g/mol. The Labute approximate surface area is 130 Å². The molecular formula is C18H21N3O. The van der Waals surface area contributed by atoms with Crippen molar-refractivity contribution in [3.8, 4) is 11.3 Å². The van der Waals surface area contributed by atoms with Crippen molar-refractivity contribution < 1.29 is 4.79 Å². The zero-order chi connectivity index (χ0) is 15.1. The molecule has 22 heavy (non-hydrogen) atoms. The molecule has 4 heteroatoms. The van der Waals surface area contributed by atoms with E-state index < -0.39 is 0 Å². The number of aromatic nitrogens is 2. The predicted molar refractivity (Wildman–Crippen MR) is 85.2 cm³/mol. The molecule has 1 amide bonds. The van der Waals surface area contributed by atoms with Crippen molar-refractivity contribution in [3.05, 3.63) is 42.4 Å². The summed E-state index contributed by atoms with van der Waals surface area (Å²) in [5.41, 5.74) is 2.35. The minimum atomic E-state index is 0.277.